The summed E-state index contributed by atoms with van der Waals surface area (Å²) in [6.07, 6.45) is 10.3. The number of hydrogen-bond acceptors (Lipinski definition) is 4. The van der Waals surface area contributed by atoms with Gasteiger partial charge in [-0.2, -0.15) is 0 Å². The number of rotatable bonds is 3. The highest BCUT2D eigenvalue weighted by molar-refractivity contribution is 5.80. The number of carbonyl (C=O) groups is 2. The molecule has 0 N–H and O–H groups in total. The molecule has 0 bridgehead atoms. The highest BCUT2D eigenvalue weighted by Crippen LogP contribution is 2.29. The molecular weight excluding hydrogens is 354 g/mol. The van der Waals surface area contributed by atoms with Crippen LogP contribution in [0.1, 0.15) is 64.5 Å². The average Bonchev–Trinajstić information content (AvgIpc) is 2.67. The second kappa shape index (κ2) is 8.76. The van der Waals surface area contributed by atoms with Crippen molar-refractivity contribution in [2.45, 2.75) is 64.5 Å². The largest absolute Gasteiger partial charge is 0.444 e. The Kier molecular flexibility index (Phi) is 6.37. The molecule has 1 aromatic heterocycles. The molecule has 3 rings (SSSR count). The van der Waals surface area contributed by atoms with Crippen LogP contribution in [-0.4, -0.2) is 52.0 Å². The number of amides is 2. The van der Waals surface area contributed by atoms with E-state index in [2.05, 4.69) is 11.1 Å². The molecule has 0 saturated carbocycles. The summed E-state index contributed by atoms with van der Waals surface area (Å²) >= 11 is 0. The van der Waals surface area contributed by atoms with Gasteiger partial charge in [0.05, 0.1) is 6.04 Å². The highest BCUT2D eigenvalue weighted by atomic mass is 16.6. The minimum absolute atomic E-state index is 0.130. The summed E-state index contributed by atoms with van der Waals surface area (Å²) in [7, 11) is 0. The van der Waals surface area contributed by atoms with Crippen molar-refractivity contribution in [3.63, 3.8) is 0 Å². The van der Waals surface area contributed by atoms with Crippen molar-refractivity contribution in [2.75, 3.05) is 19.6 Å². The number of pyridine rings is 1. The molecule has 152 valence electrons. The summed E-state index contributed by atoms with van der Waals surface area (Å²) in [6.45, 7) is 7.00. The van der Waals surface area contributed by atoms with Gasteiger partial charge in [-0.1, -0.05) is 17.7 Å². The molecule has 0 radical (unpaired) electrons. The first-order valence-corrected chi connectivity index (χ1v) is 10.2. The minimum Gasteiger partial charge on any atom is -0.444 e. The zero-order valence-electron chi connectivity index (χ0n) is 17.2. The zero-order valence-corrected chi connectivity index (χ0v) is 17.2. The van der Waals surface area contributed by atoms with Crippen LogP contribution in [0.4, 0.5) is 4.79 Å². The van der Waals surface area contributed by atoms with Crippen molar-refractivity contribution in [2.24, 2.45) is 0 Å². The number of allylic oxidation sites excluding steroid dienone is 1. The predicted octanol–water partition coefficient (Wildman–Crippen LogP) is 4.09. The smallest absolute Gasteiger partial charge is 0.410 e. The summed E-state index contributed by atoms with van der Waals surface area (Å²) in [5.74, 6) is 0.130. The van der Waals surface area contributed by atoms with Crippen LogP contribution in [0.5, 0.6) is 0 Å². The number of nitrogens with zero attached hydrogens (tertiary/aromatic N) is 3. The van der Waals surface area contributed by atoms with Gasteiger partial charge in [-0.15, -0.1) is 0 Å². The van der Waals surface area contributed by atoms with Crippen LogP contribution in [0, 0.1) is 0 Å². The van der Waals surface area contributed by atoms with E-state index in [1.807, 2.05) is 37.8 Å². The van der Waals surface area contributed by atoms with Gasteiger partial charge in [-0.3, -0.25) is 9.78 Å². The third-order valence-electron chi connectivity index (χ3n) is 5.18. The van der Waals surface area contributed by atoms with E-state index in [9.17, 15) is 9.59 Å². The Morgan fingerprint density at radius 1 is 1.25 bits per heavy atom. The lowest BCUT2D eigenvalue weighted by atomic mass is 9.96. The van der Waals surface area contributed by atoms with Crippen LogP contribution in [0.3, 0.4) is 0 Å². The van der Waals surface area contributed by atoms with Crippen molar-refractivity contribution in [3.05, 3.63) is 41.7 Å². The molecule has 6 nitrogen and oxygen atoms in total. The van der Waals surface area contributed by atoms with E-state index in [1.54, 1.807) is 17.3 Å². The monoisotopic (exact) mass is 385 g/mol. The Bertz CT molecular complexity index is 724. The van der Waals surface area contributed by atoms with Gasteiger partial charge in [0.2, 0.25) is 5.91 Å². The van der Waals surface area contributed by atoms with Crippen LogP contribution in [0.2, 0.25) is 0 Å². The fourth-order valence-electron chi connectivity index (χ4n) is 3.79. The molecule has 1 unspecified atom stereocenters. The molecule has 0 aromatic carbocycles. The molecule has 2 aliphatic rings. The molecule has 1 fully saturated rings. The first kappa shape index (κ1) is 20.4. The van der Waals surface area contributed by atoms with Gasteiger partial charge in [0.25, 0.3) is 0 Å². The minimum atomic E-state index is -0.540. The van der Waals surface area contributed by atoms with E-state index in [1.165, 1.54) is 12.0 Å². The van der Waals surface area contributed by atoms with Gasteiger partial charge in [0, 0.05) is 38.4 Å². The van der Waals surface area contributed by atoms with E-state index >= 15 is 0 Å². The van der Waals surface area contributed by atoms with Crippen molar-refractivity contribution < 1.29 is 14.3 Å². The van der Waals surface area contributed by atoms with Gasteiger partial charge in [-0.25, -0.2) is 4.79 Å². The molecule has 6 heteroatoms. The molecule has 1 saturated heterocycles. The molecular formula is C22H31N3O3. The molecule has 0 spiro atoms. The van der Waals surface area contributed by atoms with E-state index in [4.69, 9.17) is 4.74 Å². The predicted molar refractivity (Wildman–Crippen MR) is 108 cm³/mol. The van der Waals surface area contributed by atoms with Crippen molar-refractivity contribution in [1.29, 1.82) is 0 Å². The Labute approximate surface area is 167 Å². The number of piperazine rings is 1. The average molecular weight is 386 g/mol. The molecule has 28 heavy (non-hydrogen) atoms. The summed E-state index contributed by atoms with van der Waals surface area (Å²) in [4.78, 5) is 33.5. The van der Waals surface area contributed by atoms with E-state index < -0.39 is 5.60 Å². The van der Waals surface area contributed by atoms with Gasteiger partial charge in [0.15, 0.2) is 0 Å². The standard InChI is InChI=1S/C22H31N3O3/c1-22(2,3)28-21(27)24-12-13-25(19(16-24)18-10-7-11-23-15-18)20(26)14-17-8-5-4-6-9-17/h7-8,10-11,15,19H,4-6,9,12-14,16H2,1-3H3. The molecule has 2 amide bonds. The topological polar surface area (TPSA) is 62.7 Å². The second-order valence-corrected chi connectivity index (χ2v) is 8.60. The summed E-state index contributed by atoms with van der Waals surface area (Å²) in [5.41, 5.74) is 1.65. The first-order chi connectivity index (χ1) is 13.3. The third kappa shape index (κ3) is 5.33. The molecule has 1 aliphatic heterocycles. The maximum absolute atomic E-state index is 13.1. The van der Waals surface area contributed by atoms with Crippen molar-refractivity contribution in [1.82, 2.24) is 14.8 Å². The van der Waals surface area contributed by atoms with E-state index in [-0.39, 0.29) is 18.0 Å². The van der Waals surface area contributed by atoms with Crippen molar-refractivity contribution >= 4 is 12.0 Å². The SMILES string of the molecule is CC(C)(C)OC(=O)N1CCN(C(=O)CC2=CCCCC2)C(c2cccnc2)C1. The maximum Gasteiger partial charge on any atom is 0.410 e. The molecule has 1 aliphatic carbocycles. The number of ether oxygens (including phenoxy) is 1. The van der Waals surface area contributed by atoms with Gasteiger partial charge >= 0.3 is 6.09 Å². The van der Waals surface area contributed by atoms with Crippen molar-refractivity contribution in [3.8, 4) is 0 Å². The lowest BCUT2D eigenvalue weighted by molar-refractivity contribution is -0.135. The quantitative estimate of drug-likeness (QED) is 0.735. The van der Waals surface area contributed by atoms with Crippen LogP contribution < -0.4 is 0 Å². The van der Waals surface area contributed by atoms with Crippen LogP contribution >= 0.6 is 0 Å². The second-order valence-electron chi connectivity index (χ2n) is 8.60. The molecule has 1 atom stereocenters. The lowest BCUT2D eigenvalue weighted by Gasteiger charge is -2.42. The normalized spacial score (nSPS) is 20.5. The van der Waals surface area contributed by atoms with Crippen LogP contribution in [0.25, 0.3) is 0 Å². The number of aromatic nitrogens is 1. The fraction of sp³-hybridized carbons (Fsp3) is 0.591. The summed E-state index contributed by atoms with van der Waals surface area (Å²) < 4.78 is 5.54. The molecule has 2 heterocycles. The fourth-order valence-corrected chi connectivity index (χ4v) is 3.79. The van der Waals surface area contributed by atoms with Gasteiger partial charge in [-0.05, 0) is 58.1 Å². The molecule has 1 aromatic rings. The van der Waals surface area contributed by atoms with Gasteiger partial charge in [0.1, 0.15) is 5.60 Å². The Balaban J connectivity index is 1.75. The third-order valence-corrected chi connectivity index (χ3v) is 5.18. The maximum atomic E-state index is 13.1. The van der Waals surface area contributed by atoms with Gasteiger partial charge < -0.3 is 14.5 Å². The Morgan fingerprint density at radius 2 is 2.07 bits per heavy atom. The summed E-state index contributed by atoms with van der Waals surface area (Å²) in [5, 5.41) is 0. The number of hydrogen-bond donors (Lipinski definition) is 0. The number of carbonyl (C=O) groups excluding carboxylic acids is 2. The van der Waals surface area contributed by atoms with E-state index in [0.29, 0.717) is 26.1 Å². The first-order valence-electron chi connectivity index (χ1n) is 10.2. The lowest BCUT2D eigenvalue weighted by Crippen LogP contribution is -2.53. The Morgan fingerprint density at radius 3 is 2.71 bits per heavy atom. The Hall–Kier alpha value is -2.37. The zero-order chi connectivity index (χ0) is 20.1. The summed E-state index contributed by atoms with van der Waals surface area (Å²) in [6, 6.07) is 3.64. The highest BCUT2D eigenvalue weighted by Gasteiger charge is 2.35. The van der Waals surface area contributed by atoms with Crippen LogP contribution in [-0.2, 0) is 9.53 Å². The van der Waals surface area contributed by atoms with E-state index in [0.717, 1.165) is 24.8 Å². The van der Waals surface area contributed by atoms with Crippen LogP contribution in [0.15, 0.2) is 36.2 Å².